The van der Waals surface area contributed by atoms with Crippen molar-refractivity contribution in [1.82, 2.24) is 4.57 Å². The number of fused-ring (bicyclic) bond motifs is 4. The van der Waals surface area contributed by atoms with E-state index in [-0.39, 0.29) is 5.41 Å². The second-order valence-corrected chi connectivity index (χ2v) is 11.6. The third kappa shape index (κ3) is 2.52. The molecule has 0 fully saturated rings. The number of aromatic nitrogens is 1. The first-order valence-corrected chi connectivity index (χ1v) is 14.7. The summed E-state index contributed by atoms with van der Waals surface area (Å²) in [6.45, 7) is 0. The number of para-hydroxylation sites is 1. The van der Waals surface area contributed by atoms with Crippen LogP contribution in [0.1, 0.15) is 22.3 Å². The van der Waals surface area contributed by atoms with Crippen molar-refractivity contribution >= 4 is 32.6 Å². The van der Waals surface area contributed by atoms with Crippen LogP contribution in [-0.2, 0) is 5.41 Å². The minimum atomic E-state index is -0.376. The van der Waals surface area contributed by atoms with Crippen LogP contribution in [0, 0.1) is 0 Å². The van der Waals surface area contributed by atoms with E-state index in [1.165, 1.54) is 82.8 Å². The lowest BCUT2D eigenvalue weighted by Crippen LogP contribution is -2.30. The van der Waals surface area contributed by atoms with Crippen molar-refractivity contribution in [3.05, 3.63) is 174 Å². The van der Waals surface area contributed by atoms with E-state index < -0.39 is 0 Å². The quantitative estimate of drug-likeness (QED) is 0.214. The fourth-order valence-electron chi connectivity index (χ4n) is 8.29. The molecule has 1 heteroatoms. The number of hydrogen-bond acceptors (Lipinski definition) is 0. The van der Waals surface area contributed by atoms with Gasteiger partial charge in [-0.2, -0.15) is 0 Å². The molecule has 0 radical (unpaired) electrons. The molecular weight excluding hydrogens is 506 g/mol. The molecule has 0 N–H and O–H groups in total. The molecule has 8 aromatic rings. The Hall–Kier alpha value is -5.40. The monoisotopic (exact) mass is 531 g/mol. The lowest BCUT2D eigenvalue weighted by molar-refractivity contribution is 0.782. The highest BCUT2D eigenvalue weighted by Crippen LogP contribution is 2.63. The Balaban J connectivity index is 1.47. The summed E-state index contributed by atoms with van der Waals surface area (Å²) in [4.78, 5) is 0. The maximum Gasteiger partial charge on any atom is 0.0726 e. The van der Waals surface area contributed by atoms with Crippen LogP contribution in [0.25, 0.3) is 60.5 Å². The zero-order valence-corrected chi connectivity index (χ0v) is 22.9. The van der Waals surface area contributed by atoms with Crippen LogP contribution < -0.4 is 0 Å². The van der Waals surface area contributed by atoms with Gasteiger partial charge in [0.05, 0.1) is 22.1 Å². The van der Waals surface area contributed by atoms with Crippen LogP contribution in [0.5, 0.6) is 0 Å². The molecule has 1 unspecified atom stereocenters. The van der Waals surface area contributed by atoms with Gasteiger partial charge in [-0.05, 0) is 67.9 Å². The Morgan fingerprint density at radius 2 is 1.07 bits per heavy atom. The highest BCUT2D eigenvalue weighted by Gasteiger charge is 2.50. The predicted molar refractivity (Wildman–Crippen MR) is 175 cm³/mol. The third-order valence-electron chi connectivity index (χ3n) is 9.78. The molecule has 7 aromatic carbocycles. The SMILES string of the molecule is c1ccc(-c2ccccc2-n2c3ccc4c5c3c3c6c(cccc6ccc32)C5(c2ccccc2)c2ccccc2-4)cc1. The van der Waals surface area contributed by atoms with Crippen LogP contribution in [-0.4, -0.2) is 4.57 Å². The first-order chi connectivity index (χ1) is 20.9. The maximum absolute atomic E-state index is 2.52. The first kappa shape index (κ1) is 22.3. The highest BCUT2D eigenvalue weighted by molar-refractivity contribution is 6.28. The summed E-state index contributed by atoms with van der Waals surface area (Å²) in [6, 6.07) is 56.2. The molecule has 1 aromatic heterocycles. The van der Waals surface area contributed by atoms with E-state index in [0.717, 1.165) is 0 Å². The summed E-state index contributed by atoms with van der Waals surface area (Å²) in [5.74, 6) is 0. The molecule has 2 aliphatic rings. The van der Waals surface area contributed by atoms with Gasteiger partial charge in [0.25, 0.3) is 0 Å². The summed E-state index contributed by atoms with van der Waals surface area (Å²) in [7, 11) is 0. The van der Waals surface area contributed by atoms with Crippen molar-refractivity contribution in [2.24, 2.45) is 0 Å². The average molecular weight is 532 g/mol. The van der Waals surface area contributed by atoms with Gasteiger partial charge in [-0.15, -0.1) is 0 Å². The first-order valence-electron chi connectivity index (χ1n) is 14.7. The normalized spacial score (nSPS) is 16.2. The van der Waals surface area contributed by atoms with Crippen LogP contribution in [0.4, 0.5) is 0 Å². The molecule has 0 spiro atoms. The van der Waals surface area contributed by atoms with E-state index >= 15 is 0 Å². The topological polar surface area (TPSA) is 4.93 Å². The Kier molecular flexibility index (Phi) is 4.18. The molecule has 0 saturated carbocycles. The van der Waals surface area contributed by atoms with Crippen molar-refractivity contribution in [3.8, 4) is 27.9 Å². The van der Waals surface area contributed by atoms with Gasteiger partial charge < -0.3 is 4.57 Å². The van der Waals surface area contributed by atoms with Crippen LogP contribution in [0.15, 0.2) is 152 Å². The van der Waals surface area contributed by atoms with Crippen molar-refractivity contribution in [1.29, 1.82) is 0 Å². The molecule has 10 rings (SSSR count). The molecular formula is C41H25N. The van der Waals surface area contributed by atoms with Crippen LogP contribution >= 0.6 is 0 Å². The Bertz CT molecular complexity index is 2390. The van der Waals surface area contributed by atoms with Crippen molar-refractivity contribution < 1.29 is 0 Å². The van der Waals surface area contributed by atoms with Gasteiger partial charge in [-0.3, -0.25) is 0 Å². The van der Waals surface area contributed by atoms with E-state index in [1.807, 2.05) is 0 Å². The molecule has 0 aliphatic heterocycles. The summed E-state index contributed by atoms with van der Waals surface area (Å²) >= 11 is 0. The lowest BCUT2D eigenvalue weighted by atomic mass is 9.63. The molecule has 42 heavy (non-hydrogen) atoms. The zero-order chi connectivity index (χ0) is 27.4. The fourth-order valence-corrected chi connectivity index (χ4v) is 8.29. The van der Waals surface area contributed by atoms with Gasteiger partial charge >= 0.3 is 0 Å². The third-order valence-corrected chi connectivity index (χ3v) is 9.78. The van der Waals surface area contributed by atoms with E-state index in [9.17, 15) is 0 Å². The molecule has 0 saturated heterocycles. The predicted octanol–water partition coefficient (Wildman–Crippen LogP) is 10.3. The van der Waals surface area contributed by atoms with Crippen molar-refractivity contribution in [2.45, 2.75) is 5.41 Å². The molecule has 0 bridgehead atoms. The molecule has 1 nitrogen and oxygen atoms in total. The lowest BCUT2D eigenvalue weighted by Gasteiger charge is -2.37. The average Bonchev–Trinajstić information content (AvgIpc) is 3.56. The van der Waals surface area contributed by atoms with E-state index in [0.29, 0.717) is 0 Å². The number of hydrogen-bond donors (Lipinski definition) is 0. The van der Waals surface area contributed by atoms with Gasteiger partial charge in [0.2, 0.25) is 0 Å². The maximum atomic E-state index is 2.52. The van der Waals surface area contributed by atoms with Gasteiger partial charge in [0.1, 0.15) is 0 Å². The molecule has 0 amide bonds. The number of benzene rings is 7. The molecule has 1 heterocycles. The minimum absolute atomic E-state index is 0.376. The van der Waals surface area contributed by atoms with Crippen molar-refractivity contribution in [2.75, 3.05) is 0 Å². The van der Waals surface area contributed by atoms with Crippen LogP contribution in [0.3, 0.4) is 0 Å². The second kappa shape index (κ2) is 7.87. The largest absolute Gasteiger partial charge is 0.309 e. The minimum Gasteiger partial charge on any atom is -0.309 e. The van der Waals surface area contributed by atoms with Gasteiger partial charge in [0, 0.05) is 16.3 Å². The Morgan fingerprint density at radius 3 is 1.93 bits per heavy atom. The molecule has 194 valence electrons. The van der Waals surface area contributed by atoms with Gasteiger partial charge in [0.15, 0.2) is 0 Å². The highest BCUT2D eigenvalue weighted by atomic mass is 15.0. The Labute approximate surface area is 243 Å². The summed E-state index contributed by atoms with van der Waals surface area (Å²) in [5, 5.41) is 5.43. The van der Waals surface area contributed by atoms with Gasteiger partial charge in [-0.1, -0.05) is 133 Å². The smallest absolute Gasteiger partial charge is 0.0726 e. The van der Waals surface area contributed by atoms with E-state index in [1.54, 1.807) is 0 Å². The van der Waals surface area contributed by atoms with Crippen molar-refractivity contribution in [3.63, 3.8) is 0 Å². The summed E-state index contributed by atoms with van der Waals surface area (Å²) < 4.78 is 2.52. The zero-order valence-electron chi connectivity index (χ0n) is 22.9. The standard InChI is InChI=1S/C41H25N/c1-3-12-26(13-4-1)29-17-8-10-21-34(29)42-35-24-22-27-14-11-20-33-37(27)38(35)39-36(42)25-23-31-30-18-7-9-19-32(30)41(33,40(31)39)28-15-5-2-6-16-28/h1-25H. The van der Waals surface area contributed by atoms with Gasteiger partial charge in [-0.25, -0.2) is 0 Å². The molecule has 2 aliphatic carbocycles. The number of rotatable bonds is 3. The summed E-state index contributed by atoms with van der Waals surface area (Å²) in [6.07, 6.45) is 0. The fraction of sp³-hybridized carbons (Fsp3) is 0.0244. The Morgan fingerprint density at radius 1 is 0.405 bits per heavy atom. The molecule has 1 atom stereocenters. The summed E-state index contributed by atoms with van der Waals surface area (Å²) in [5.41, 5.74) is 14.1. The number of nitrogens with zero attached hydrogens (tertiary/aromatic N) is 1. The second-order valence-electron chi connectivity index (χ2n) is 11.6. The van der Waals surface area contributed by atoms with E-state index in [2.05, 4.69) is 156 Å². The van der Waals surface area contributed by atoms with E-state index in [4.69, 9.17) is 0 Å². The van der Waals surface area contributed by atoms with Crippen LogP contribution in [0.2, 0.25) is 0 Å².